The van der Waals surface area contributed by atoms with Crippen LogP contribution in [0.25, 0.3) is 11.1 Å². The fourth-order valence-electron chi connectivity index (χ4n) is 4.57. The molecule has 1 fully saturated rings. The molecule has 0 heterocycles. The third-order valence-electron chi connectivity index (χ3n) is 6.67. The lowest BCUT2D eigenvalue weighted by atomic mass is 9.87. The molecule has 0 aliphatic heterocycles. The van der Waals surface area contributed by atoms with Crippen molar-refractivity contribution < 1.29 is 23.0 Å². The Morgan fingerprint density at radius 2 is 1.50 bits per heavy atom. The molecule has 0 unspecified atom stereocenters. The Kier molecular flexibility index (Phi) is 11.0. The molecule has 0 N–H and O–H groups in total. The molecule has 0 spiro atoms. The number of unbranched alkanes of at least 4 members (excludes halogenated alkanes) is 7. The van der Waals surface area contributed by atoms with Crippen molar-refractivity contribution in [3.63, 3.8) is 0 Å². The fraction of sp³-hybridized carbons (Fsp3) is 0.552. The topological polar surface area (TPSA) is 35.5 Å². The number of carbonyl (C=O) groups is 1. The highest BCUT2D eigenvalue weighted by Crippen LogP contribution is 2.30. The zero-order valence-corrected chi connectivity index (χ0v) is 20.4. The number of rotatable bonds is 13. The summed E-state index contributed by atoms with van der Waals surface area (Å²) in [5, 5.41) is 0. The lowest BCUT2D eigenvalue weighted by molar-refractivity contribution is -0.141. The second-order valence-electron chi connectivity index (χ2n) is 9.39. The summed E-state index contributed by atoms with van der Waals surface area (Å²) in [4.78, 5) is 12.6. The maximum absolute atomic E-state index is 14.5. The van der Waals surface area contributed by atoms with Crippen LogP contribution in [0.1, 0.15) is 84.0 Å². The molecule has 3 nitrogen and oxygen atoms in total. The molecular formula is C29H38F2O3. The largest absolute Gasteiger partial charge is 0.426 e. The van der Waals surface area contributed by atoms with Crippen LogP contribution in [0.4, 0.5) is 8.78 Å². The highest BCUT2D eigenvalue weighted by Gasteiger charge is 2.28. The van der Waals surface area contributed by atoms with E-state index in [2.05, 4.69) is 6.92 Å². The van der Waals surface area contributed by atoms with Crippen molar-refractivity contribution in [3.05, 3.63) is 54.1 Å². The van der Waals surface area contributed by atoms with Crippen molar-refractivity contribution in [2.45, 2.75) is 90.1 Å². The maximum atomic E-state index is 14.5. The Balaban J connectivity index is 1.34. The SMILES string of the molecule is CCCCCCCCCCOC1CCC(C(=O)Oc2ccc(-c3ccc(F)cc3)c(F)c2)CC1. The van der Waals surface area contributed by atoms with Crippen LogP contribution < -0.4 is 4.74 Å². The van der Waals surface area contributed by atoms with Crippen molar-refractivity contribution in [1.82, 2.24) is 0 Å². The first kappa shape index (κ1) is 26.3. The van der Waals surface area contributed by atoms with Gasteiger partial charge in [0.15, 0.2) is 0 Å². The Morgan fingerprint density at radius 1 is 0.853 bits per heavy atom. The number of carbonyl (C=O) groups excluding carboxylic acids is 1. The molecule has 0 atom stereocenters. The first-order valence-electron chi connectivity index (χ1n) is 13.0. The van der Waals surface area contributed by atoms with Gasteiger partial charge in [-0.1, -0.05) is 64.0 Å². The maximum Gasteiger partial charge on any atom is 0.314 e. The third kappa shape index (κ3) is 8.50. The van der Waals surface area contributed by atoms with E-state index >= 15 is 0 Å². The molecule has 5 heteroatoms. The molecule has 1 aliphatic rings. The molecule has 3 rings (SSSR count). The van der Waals surface area contributed by atoms with Crippen molar-refractivity contribution in [2.75, 3.05) is 6.61 Å². The van der Waals surface area contributed by atoms with Gasteiger partial charge in [-0.2, -0.15) is 0 Å². The summed E-state index contributed by atoms with van der Waals surface area (Å²) >= 11 is 0. The van der Waals surface area contributed by atoms with Crippen molar-refractivity contribution in [2.24, 2.45) is 5.92 Å². The summed E-state index contributed by atoms with van der Waals surface area (Å²) in [7, 11) is 0. The quantitative estimate of drug-likeness (QED) is 0.167. The summed E-state index contributed by atoms with van der Waals surface area (Å²) in [6.45, 7) is 3.04. The van der Waals surface area contributed by atoms with E-state index < -0.39 is 5.82 Å². The van der Waals surface area contributed by atoms with Gasteiger partial charge >= 0.3 is 5.97 Å². The van der Waals surface area contributed by atoms with Gasteiger partial charge in [-0.15, -0.1) is 0 Å². The number of benzene rings is 2. The number of esters is 1. The monoisotopic (exact) mass is 472 g/mol. The van der Waals surface area contributed by atoms with Crippen molar-refractivity contribution >= 4 is 5.97 Å². The number of ether oxygens (including phenoxy) is 2. The first-order chi connectivity index (χ1) is 16.6. The minimum atomic E-state index is -0.505. The smallest absolute Gasteiger partial charge is 0.314 e. The molecule has 186 valence electrons. The summed E-state index contributed by atoms with van der Waals surface area (Å²) in [5.74, 6) is -1.17. The predicted octanol–water partition coefficient (Wildman–Crippen LogP) is 8.25. The van der Waals surface area contributed by atoms with E-state index in [9.17, 15) is 13.6 Å². The molecule has 0 aromatic heterocycles. The molecular weight excluding hydrogens is 434 g/mol. The van der Waals surface area contributed by atoms with Crippen LogP contribution in [-0.2, 0) is 9.53 Å². The molecule has 0 radical (unpaired) electrons. The van der Waals surface area contributed by atoms with Crippen LogP contribution in [0.3, 0.4) is 0 Å². The highest BCUT2D eigenvalue weighted by atomic mass is 19.1. The van der Waals surface area contributed by atoms with Gasteiger partial charge in [-0.05, 0) is 61.9 Å². The summed E-state index contributed by atoms with van der Waals surface area (Å²) in [6.07, 6.45) is 13.7. The fourth-order valence-corrected chi connectivity index (χ4v) is 4.57. The molecule has 0 saturated heterocycles. The summed E-state index contributed by atoms with van der Waals surface area (Å²) < 4.78 is 39.1. The molecule has 0 bridgehead atoms. The van der Waals surface area contributed by atoms with Gasteiger partial charge < -0.3 is 9.47 Å². The average molecular weight is 473 g/mol. The van der Waals surface area contributed by atoms with Gasteiger partial charge in [-0.25, -0.2) is 8.78 Å². The lowest BCUT2D eigenvalue weighted by Gasteiger charge is -2.27. The average Bonchev–Trinajstić information content (AvgIpc) is 2.84. The van der Waals surface area contributed by atoms with E-state index in [1.165, 1.54) is 75.3 Å². The molecule has 2 aromatic rings. The minimum Gasteiger partial charge on any atom is -0.426 e. The Morgan fingerprint density at radius 3 is 2.15 bits per heavy atom. The number of hydrogen-bond acceptors (Lipinski definition) is 3. The molecule has 1 aliphatic carbocycles. The third-order valence-corrected chi connectivity index (χ3v) is 6.67. The van der Waals surface area contributed by atoms with Crippen LogP contribution >= 0.6 is 0 Å². The number of hydrogen-bond donors (Lipinski definition) is 0. The molecule has 34 heavy (non-hydrogen) atoms. The first-order valence-corrected chi connectivity index (χ1v) is 13.0. The van der Waals surface area contributed by atoms with Crippen LogP contribution in [0.15, 0.2) is 42.5 Å². The second-order valence-corrected chi connectivity index (χ2v) is 9.39. The zero-order chi connectivity index (χ0) is 24.2. The zero-order valence-electron chi connectivity index (χ0n) is 20.4. The van der Waals surface area contributed by atoms with E-state index in [1.54, 1.807) is 12.1 Å². The normalized spacial score (nSPS) is 18.1. The molecule has 2 aromatic carbocycles. The van der Waals surface area contributed by atoms with Gasteiger partial charge in [0.25, 0.3) is 0 Å². The van der Waals surface area contributed by atoms with Gasteiger partial charge in [0, 0.05) is 18.2 Å². The van der Waals surface area contributed by atoms with Crippen molar-refractivity contribution in [3.8, 4) is 16.9 Å². The van der Waals surface area contributed by atoms with E-state index in [0.717, 1.165) is 38.7 Å². The van der Waals surface area contributed by atoms with Crippen LogP contribution in [0.2, 0.25) is 0 Å². The van der Waals surface area contributed by atoms with Gasteiger partial charge in [0.05, 0.1) is 12.0 Å². The lowest BCUT2D eigenvalue weighted by Crippen LogP contribution is -2.29. The predicted molar refractivity (Wildman–Crippen MR) is 132 cm³/mol. The van der Waals surface area contributed by atoms with Gasteiger partial charge in [-0.3, -0.25) is 4.79 Å². The minimum absolute atomic E-state index is 0.178. The summed E-state index contributed by atoms with van der Waals surface area (Å²) in [6, 6.07) is 9.98. The Bertz CT molecular complexity index is 873. The van der Waals surface area contributed by atoms with E-state index in [1.807, 2.05) is 0 Å². The Hall–Kier alpha value is -2.27. The summed E-state index contributed by atoms with van der Waals surface area (Å²) in [5.41, 5.74) is 0.913. The molecule has 1 saturated carbocycles. The van der Waals surface area contributed by atoms with Crippen LogP contribution in [0.5, 0.6) is 5.75 Å². The van der Waals surface area contributed by atoms with Crippen LogP contribution in [-0.4, -0.2) is 18.7 Å². The Labute approximate surface area is 202 Å². The van der Waals surface area contributed by atoms with E-state index in [4.69, 9.17) is 9.47 Å². The second kappa shape index (κ2) is 14.2. The highest BCUT2D eigenvalue weighted by molar-refractivity contribution is 5.75. The van der Waals surface area contributed by atoms with Crippen molar-refractivity contribution in [1.29, 1.82) is 0 Å². The number of halogens is 2. The van der Waals surface area contributed by atoms with Crippen LogP contribution in [0, 0.1) is 17.6 Å². The van der Waals surface area contributed by atoms with Gasteiger partial charge in [0.2, 0.25) is 0 Å². The van der Waals surface area contributed by atoms with Gasteiger partial charge in [0.1, 0.15) is 17.4 Å². The standard InChI is InChI=1S/C29H38F2O3/c1-2-3-4-5-6-7-8-9-20-33-25-16-12-23(13-17-25)29(32)34-26-18-19-27(28(31)21-26)22-10-14-24(30)15-11-22/h10-11,14-15,18-19,21,23,25H,2-9,12-13,16-17,20H2,1H3. The molecule has 0 amide bonds. The van der Waals surface area contributed by atoms with E-state index in [-0.39, 0.29) is 29.6 Å². The van der Waals surface area contributed by atoms with E-state index in [0.29, 0.717) is 11.1 Å².